The van der Waals surface area contributed by atoms with Gasteiger partial charge < -0.3 is 0 Å². The van der Waals surface area contributed by atoms with Crippen molar-refractivity contribution < 1.29 is 4.92 Å². The molecule has 1 rings (SSSR count). The van der Waals surface area contributed by atoms with Crippen LogP contribution in [0.1, 0.15) is 0 Å². The van der Waals surface area contributed by atoms with E-state index in [1.165, 1.54) is 12.3 Å². The quantitative estimate of drug-likeness (QED) is 0.350. The van der Waals surface area contributed by atoms with Crippen molar-refractivity contribution in [2.75, 3.05) is 0 Å². The summed E-state index contributed by atoms with van der Waals surface area (Å²) < 4.78 is 0.384. The van der Waals surface area contributed by atoms with Gasteiger partial charge in [-0.15, -0.1) is 12.6 Å². The molecule has 0 amide bonds. The van der Waals surface area contributed by atoms with Crippen molar-refractivity contribution in [1.82, 2.24) is 4.98 Å². The lowest BCUT2D eigenvalue weighted by Crippen LogP contribution is -1.90. The van der Waals surface area contributed by atoms with Crippen molar-refractivity contribution in [1.29, 1.82) is 0 Å². The first-order valence-electron chi connectivity index (χ1n) is 2.61. The zero-order valence-electron chi connectivity index (χ0n) is 5.19. The second-order valence-corrected chi connectivity index (χ2v) is 2.92. The number of nitro groups is 1. The van der Waals surface area contributed by atoms with Crippen molar-refractivity contribution in [3.63, 3.8) is 0 Å². The van der Waals surface area contributed by atoms with Gasteiger partial charge in [0.2, 0.25) is 0 Å². The van der Waals surface area contributed by atoms with Crippen LogP contribution in [-0.2, 0) is 0 Å². The topological polar surface area (TPSA) is 56.0 Å². The first kappa shape index (κ1) is 8.48. The third kappa shape index (κ3) is 1.69. The Morgan fingerprint density at radius 2 is 2.36 bits per heavy atom. The number of aromatic nitrogens is 1. The summed E-state index contributed by atoms with van der Waals surface area (Å²) >= 11 is 6.92. The average molecular weight is 235 g/mol. The van der Waals surface area contributed by atoms with Crippen LogP contribution in [0.3, 0.4) is 0 Å². The maximum Gasteiger partial charge on any atom is 0.286 e. The summed E-state index contributed by atoms with van der Waals surface area (Å²) in [5, 5.41) is 10.3. The average Bonchev–Trinajstić information content (AvgIpc) is 1.94. The maximum atomic E-state index is 10.3. The molecule has 4 nitrogen and oxygen atoms in total. The van der Waals surface area contributed by atoms with Crippen molar-refractivity contribution in [3.05, 3.63) is 27.0 Å². The minimum atomic E-state index is -0.505. The van der Waals surface area contributed by atoms with Crippen LogP contribution in [0.25, 0.3) is 0 Å². The molecule has 0 spiro atoms. The van der Waals surface area contributed by atoms with Gasteiger partial charge in [-0.1, -0.05) is 0 Å². The standard InChI is InChI=1S/C5H3BrN2O2S/c6-5-4(11)3(8(9)10)1-2-7-5/h1-2,11H. The summed E-state index contributed by atoms with van der Waals surface area (Å²) in [5.74, 6) is 0. The van der Waals surface area contributed by atoms with Gasteiger partial charge in [-0.05, 0) is 15.9 Å². The first-order valence-corrected chi connectivity index (χ1v) is 3.85. The van der Waals surface area contributed by atoms with Crippen LogP contribution in [-0.4, -0.2) is 9.91 Å². The highest BCUT2D eigenvalue weighted by atomic mass is 79.9. The number of thiol groups is 1. The van der Waals surface area contributed by atoms with E-state index >= 15 is 0 Å². The largest absolute Gasteiger partial charge is 0.286 e. The Kier molecular flexibility index (Phi) is 2.45. The molecule has 6 heteroatoms. The molecule has 0 bridgehead atoms. The Hall–Kier alpha value is -0.620. The molecule has 0 aromatic carbocycles. The number of rotatable bonds is 1. The molecule has 0 atom stereocenters. The van der Waals surface area contributed by atoms with Crippen molar-refractivity contribution >= 4 is 34.2 Å². The normalized spacial score (nSPS) is 9.64. The number of hydrogen-bond donors (Lipinski definition) is 1. The minimum Gasteiger partial charge on any atom is -0.258 e. The number of halogens is 1. The SMILES string of the molecule is O=[N+]([O-])c1ccnc(Br)c1S. The highest BCUT2D eigenvalue weighted by Gasteiger charge is 2.12. The van der Waals surface area contributed by atoms with Crippen molar-refractivity contribution in [2.24, 2.45) is 0 Å². The molecular weight excluding hydrogens is 232 g/mol. The highest BCUT2D eigenvalue weighted by molar-refractivity contribution is 9.10. The van der Waals surface area contributed by atoms with E-state index in [1.807, 2.05) is 0 Å². The van der Waals surface area contributed by atoms with E-state index in [2.05, 4.69) is 33.5 Å². The molecule has 0 N–H and O–H groups in total. The summed E-state index contributed by atoms with van der Waals surface area (Å²) in [4.78, 5) is 13.8. The summed E-state index contributed by atoms with van der Waals surface area (Å²) in [6.07, 6.45) is 1.35. The van der Waals surface area contributed by atoms with Crippen LogP contribution in [0, 0.1) is 10.1 Å². The molecule has 58 valence electrons. The summed E-state index contributed by atoms with van der Waals surface area (Å²) in [7, 11) is 0. The molecule has 11 heavy (non-hydrogen) atoms. The summed E-state index contributed by atoms with van der Waals surface area (Å²) in [6, 6.07) is 1.30. The molecule has 1 heterocycles. The molecule has 0 unspecified atom stereocenters. The second-order valence-electron chi connectivity index (χ2n) is 1.73. The van der Waals surface area contributed by atoms with Gasteiger partial charge in [0.05, 0.1) is 4.92 Å². The lowest BCUT2D eigenvalue weighted by atomic mass is 10.4. The van der Waals surface area contributed by atoms with Crippen LogP contribution in [0.15, 0.2) is 21.8 Å². The van der Waals surface area contributed by atoms with Gasteiger partial charge in [0.15, 0.2) is 0 Å². The molecule has 0 aliphatic heterocycles. The van der Waals surface area contributed by atoms with E-state index in [-0.39, 0.29) is 10.6 Å². The highest BCUT2D eigenvalue weighted by Crippen LogP contribution is 2.27. The molecule has 0 saturated heterocycles. The van der Waals surface area contributed by atoms with Gasteiger partial charge >= 0.3 is 0 Å². The van der Waals surface area contributed by atoms with Gasteiger partial charge in [0.25, 0.3) is 5.69 Å². The molecule has 0 saturated carbocycles. The Balaban J connectivity index is 3.27. The predicted molar refractivity (Wildman–Crippen MR) is 45.8 cm³/mol. The summed E-state index contributed by atoms with van der Waals surface area (Å²) in [5.41, 5.74) is -0.0461. The van der Waals surface area contributed by atoms with E-state index in [4.69, 9.17) is 0 Å². The maximum absolute atomic E-state index is 10.3. The zero-order chi connectivity index (χ0) is 8.43. The van der Waals surface area contributed by atoms with E-state index in [0.717, 1.165) is 0 Å². The number of pyridine rings is 1. The Morgan fingerprint density at radius 3 is 2.82 bits per heavy atom. The Bertz CT molecular complexity index is 305. The van der Waals surface area contributed by atoms with Gasteiger partial charge in [0.1, 0.15) is 9.50 Å². The number of nitrogens with zero attached hydrogens (tertiary/aromatic N) is 2. The predicted octanol–water partition coefficient (Wildman–Crippen LogP) is 2.04. The fourth-order valence-electron chi connectivity index (χ4n) is 0.566. The second kappa shape index (κ2) is 3.19. The summed E-state index contributed by atoms with van der Waals surface area (Å²) in [6.45, 7) is 0. The van der Waals surface area contributed by atoms with E-state index in [1.54, 1.807) is 0 Å². The zero-order valence-corrected chi connectivity index (χ0v) is 7.67. The first-order chi connectivity index (χ1) is 5.13. The smallest absolute Gasteiger partial charge is 0.258 e. The fraction of sp³-hybridized carbons (Fsp3) is 0. The van der Waals surface area contributed by atoms with Gasteiger partial charge in [-0.3, -0.25) is 10.1 Å². The van der Waals surface area contributed by atoms with E-state index in [0.29, 0.717) is 4.60 Å². The molecule has 0 fully saturated rings. The lowest BCUT2D eigenvalue weighted by molar-refractivity contribution is -0.387. The van der Waals surface area contributed by atoms with E-state index in [9.17, 15) is 10.1 Å². The molecule has 0 aliphatic carbocycles. The molecule has 0 aliphatic rings. The van der Waals surface area contributed by atoms with Crippen molar-refractivity contribution in [3.8, 4) is 0 Å². The molecular formula is C5H3BrN2O2S. The van der Waals surface area contributed by atoms with Crippen LogP contribution < -0.4 is 0 Å². The Morgan fingerprint density at radius 1 is 1.73 bits per heavy atom. The van der Waals surface area contributed by atoms with Crippen LogP contribution in [0.5, 0.6) is 0 Å². The van der Waals surface area contributed by atoms with E-state index < -0.39 is 4.92 Å². The van der Waals surface area contributed by atoms with Crippen LogP contribution >= 0.6 is 28.6 Å². The third-order valence-corrected chi connectivity index (χ3v) is 2.40. The fourth-order valence-corrected chi connectivity index (χ4v) is 1.10. The van der Waals surface area contributed by atoms with Crippen LogP contribution in [0.4, 0.5) is 5.69 Å². The minimum absolute atomic E-state index is 0.0461. The monoisotopic (exact) mass is 234 g/mol. The van der Waals surface area contributed by atoms with Crippen LogP contribution in [0.2, 0.25) is 0 Å². The lowest BCUT2D eigenvalue weighted by Gasteiger charge is -1.95. The molecule has 0 radical (unpaired) electrons. The van der Waals surface area contributed by atoms with Gasteiger partial charge in [-0.2, -0.15) is 0 Å². The molecule has 1 aromatic rings. The third-order valence-electron chi connectivity index (χ3n) is 1.06. The molecule has 1 aromatic heterocycles. The van der Waals surface area contributed by atoms with Gasteiger partial charge in [0, 0.05) is 12.3 Å². The van der Waals surface area contributed by atoms with Crippen molar-refractivity contribution in [2.45, 2.75) is 4.90 Å². The Labute approximate surface area is 76.3 Å². The van der Waals surface area contributed by atoms with Gasteiger partial charge in [-0.25, -0.2) is 4.98 Å². The number of hydrogen-bond acceptors (Lipinski definition) is 4.